The van der Waals surface area contributed by atoms with E-state index < -0.39 is 0 Å². The molecule has 1 unspecified atom stereocenters. The van der Waals surface area contributed by atoms with Gasteiger partial charge in [0.25, 0.3) is 0 Å². The van der Waals surface area contributed by atoms with Crippen LogP contribution in [-0.4, -0.2) is 24.6 Å². The molecule has 1 aromatic heterocycles. The van der Waals surface area contributed by atoms with Crippen molar-refractivity contribution in [3.05, 3.63) is 35.5 Å². The number of halogens is 1. The molecule has 2 aromatic rings. The Kier molecular flexibility index (Phi) is 3.85. The SMILES string of the molecule is Clc1ccc2c(NCC3CCCNC3)nccc2c1. The van der Waals surface area contributed by atoms with E-state index in [-0.39, 0.29) is 0 Å². The Bertz CT molecular complexity index is 564. The fourth-order valence-electron chi connectivity index (χ4n) is 2.63. The van der Waals surface area contributed by atoms with Crippen LogP contribution in [-0.2, 0) is 0 Å². The predicted molar refractivity (Wildman–Crippen MR) is 80.8 cm³/mol. The minimum atomic E-state index is 0.693. The zero-order valence-electron chi connectivity index (χ0n) is 10.8. The molecule has 1 saturated heterocycles. The van der Waals surface area contributed by atoms with E-state index in [0.717, 1.165) is 41.2 Å². The van der Waals surface area contributed by atoms with E-state index in [4.69, 9.17) is 11.6 Å². The number of nitrogens with one attached hydrogen (secondary N) is 2. The predicted octanol–water partition coefficient (Wildman–Crippen LogP) is 3.30. The summed E-state index contributed by atoms with van der Waals surface area (Å²) in [6.07, 6.45) is 4.39. The molecule has 0 aliphatic carbocycles. The monoisotopic (exact) mass is 275 g/mol. The van der Waals surface area contributed by atoms with Gasteiger partial charge < -0.3 is 10.6 Å². The van der Waals surface area contributed by atoms with Gasteiger partial charge in [0.2, 0.25) is 0 Å². The quantitative estimate of drug-likeness (QED) is 0.902. The van der Waals surface area contributed by atoms with Crippen LogP contribution >= 0.6 is 11.6 Å². The number of nitrogens with zero attached hydrogens (tertiary/aromatic N) is 1. The van der Waals surface area contributed by atoms with Crippen LogP contribution in [0.5, 0.6) is 0 Å². The van der Waals surface area contributed by atoms with Gasteiger partial charge in [0.1, 0.15) is 5.82 Å². The fraction of sp³-hybridized carbons (Fsp3) is 0.400. The molecule has 100 valence electrons. The van der Waals surface area contributed by atoms with Gasteiger partial charge in [-0.25, -0.2) is 4.98 Å². The van der Waals surface area contributed by atoms with E-state index >= 15 is 0 Å². The summed E-state index contributed by atoms with van der Waals surface area (Å²) < 4.78 is 0. The summed E-state index contributed by atoms with van der Waals surface area (Å²) in [4.78, 5) is 4.45. The van der Waals surface area contributed by atoms with Gasteiger partial charge in [0.15, 0.2) is 0 Å². The van der Waals surface area contributed by atoms with Crippen molar-refractivity contribution in [1.82, 2.24) is 10.3 Å². The van der Waals surface area contributed by atoms with Crippen molar-refractivity contribution < 1.29 is 0 Å². The molecule has 3 rings (SSSR count). The summed E-state index contributed by atoms with van der Waals surface area (Å²) in [5, 5.41) is 9.95. The molecule has 0 amide bonds. The molecule has 0 bridgehead atoms. The highest BCUT2D eigenvalue weighted by Gasteiger charge is 2.13. The Morgan fingerprint density at radius 1 is 1.37 bits per heavy atom. The average Bonchev–Trinajstić information content (AvgIpc) is 2.45. The summed E-state index contributed by atoms with van der Waals surface area (Å²) >= 11 is 6.02. The van der Waals surface area contributed by atoms with Crippen molar-refractivity contribution in [2.45, 2.75) is 12.8 Å². The van der Waals surface area contributed by atoms with Crippen molar-refractivity contribution in [3.8, 4) is 0 Å². The van der Waals surface area contributed by atoms with E-state index in [1.165, 1.54) is 12.8 Å². The number of fused-ring (bicyclic) bond motifs is 1. The van der Waals surface area contributed by atoms with Gasteiger partial charge in [-0.3, -0.25) is 0 Å². The standard InChI is InChI=1S/C15H18ClN3/c16-13-3-4-14-12(8-13)5-7-18-15(14)19-10-11-2-1-6-17-9-11/h3-5,7-8,11,17H,1-2,6,9-10H2,(H,18,19). The molecule has 1 aliphatic rings. The first kappa shape index (κ1) is 12.7. The van der Waals surface area contributed by atoms with Gasteiger partial charge >= 0.3 is 0 Å². The summed E-state index contributed by atoms with van der Waals surface area (Å²) in [5.74, 6) is 1.65. The molecule has 4 heteroatoms. The van der Waals surface area contributed by atoms with Crippen molar-refractivity contribution in [2.75, 3.05) is 25.0 Å². The Morgan fingerprint density at radius 2 is 2.32 bits per heavy atom. The second-order valence-corrected chi connectivity index (χ2v) is 5.55. The Labute approximate surface area is 118 Å². The van der Waals surface area contributed by atoms with Gasteiger partial charge in [0, 0.05) is 23.2 Å². The number of anilines is 1. The van der Waals surface area contributed by atoms with Crippen LogP contribution in [0.1, 0.15) is 12.8 Å². The normalized spacial score (nSPS) is 19.5. The highest BCUT2D eigenvalue weighted by atomic mass is 35.5. The second-order valence-electron chi connectivity index (χ2n) is 5.12. The zero-order valence-corrected chi connectivity index (χ0v) is 11.6. The maximum Gasteiger partial charge on any atom is 0.133 e. The molecule has 0 saturated carbocycles. The second kappa shape index (κ2) is 5.76. The molecule has 1 aromatic carbocycles. The summed E-state index contributed by atoms with van der Waals surface area (Å²) in [5.41, 5.74) is 0. The highest BCUT2D eigenvalue weighted by Crippen LogP contribution is 2.24. The largest absolute Gasteiger partial charge is 0.369 e. The molecule has 3 nitrogen and oxygen atoms in total. The maximum atomic E-state index is 6.02. The molecule has 0 radical (unpaired) electrons. The van der Waals surface area contributed by atoms with Gasteiger partial charge in [-0.15, -0.1) is 0 Å². The van der Waals surface area contributed by atoms with Crippen LogP contribution in [0, 0.1) is 5.92 Å². The fourth-order valence-corrected chi connectivity index (χ4v) is 2.81. The van der Waals surface area contributed by atoms with E-state index in [0.29, 0.717) is 5.92 Å². The van der Waals surface area contributed by atoms with Crippen molar-refractivity contribution in [1.29, 1.82) is 0 Å². The Balaban J connectivity index is 1.76. The first-order valence-corrected chi connectivity index (χ1v) is 7.19. The van der Waals surface area contributed by atoms with Crippen LogP contribution in [0.4, 0.5) is 5.82 Å². The smallest absolute Gasteiger partial charge is 0.133 e. The minimum absolute atomic E-state index is 0.693. The van der Waals surface area contributed by atoms with E-state index in [2.05, 4.69) is 15.6 Å². The number of aromatic nitrogens is 1. The van der Waals surface area contributed by atoms with Crippen molar-refractivity contribution >= 4 is 28.2 Å². The lowest BCUT2D eigenvalue weighted by molar-refractivity contribution is 0.393. The van der Waals surface area contributed by atoms with Crippen molar-refractivity contribution in [3.63, 3.8) is 0 Å². The number of piperidine rings is 1. The third-order valence-corrected chi connectivity index (χ3v) is 3.92. The maximum absolute atomic E-state index is 6.02. The Morgan fingerprint density at radius 3 is 3.16 bits per heavy atom. The third kappa shape index (κ3) is 2.99. The van der Waals surface area contributed by atoms with Gasteiger partial charge in [0.05, 0.1) is 0 Å². The zero-order chi connectivity index (χ0) is 13.1. The molecular formula is C15H18ClN3. The summed E-state index contributed by atoms with van der Waals surface area (Å²) in [6.45, 7) is 3.23. The number of hydrogen-bond acceptors (Lipinski definition) is 3. The van der Waals surface area contributed by atoms with E-state index in [9.17, 15) is 0 Å². The summed E-state index contributed by atoms with van der Waals surface area (Å²) in [7, 11) is 0. The Hall–Kier alpha value is -1.32. The molecule has 1 atom stereocenters. The first-order valence-electron chi connectivity index (χ1n) is 6.82. The molecule has 0 spiro atoms. The van der Waals surface area contributed by atoms with E-state index in [1.54, 1.807) is 0 Å². The third-order valence-electron chi connectivity index (χ3n) is 3.68. The first-order chi connectivity index (χ1) is 9.33. The topological polar surface area (TPSA) is 37.0 Å². The lowest BCUT2D eigenvalue weighted by atomic mass is 10.00. The number of rotatable bonds is 3. The van der Waals surface area contributed by atoms with Gasteiger partial charge in [-0.2, -0.15) is 0 Å². The lowest BCUT2D eigenvalue weighted by Crippen LogP contribution is -2.33. The molecule has 1 fully saturated rings. The summed E-state index contributed by atoms with van der Waals surface area (Å²) in [6, 6.07) is 7.92. The van der Waals surface area contributed by atoms with Crippen molar-refractivity contribution in [2.24, 2.45) is 5.92 Å². The van der Waals surface area contributed by atoms with E-state index in [1.807, 2.05) is 30.5 Å². The van der Waals surface area contributed by atoms with Crippen LogP contribution in [0.3, 0.4) is 0 Å². The van der Waals surface area contributed by atoms with Crippen LogP contribution in [0.2, 0.25) is 5.02 Å². The minimum Gasteiger partial charge on any atom is -0.369 e. The lowest BCUT2D eigenvalue weighted by Gasteiger charge is -2.23. The van der Waals surface area contributed by atoms with Gasteiger partial charge in [-0.05, 0) is 61.5 Å². The van der Waals surface area contributed by atoms with Crippen LogP contribution in [0.25, 0.3) is 10.8 Å². The van der Waals surface area contributed by atoms with Crippen LogP contribution < -0.4 is 10.6 Å². The van der Waals surface area contributed by atoms with Gasteiger partial charge in [-0.1, -0.05) is 11.6 Å². The highest BCUT2D eigenvalue weighted by molar-refractivity contribution is 6.31. The molecule has 2 heterocycles. The number of benzene rings is 1. The molecule has 1 aliphatic heterocycles. The average molecular weight is 276 g/mol. The molecule has 2 N–H and O–H groups in total. The number of pyridine rings is 1. The molecule has 19 heavy (non-hydrogen) atoms. The number of hydrogen-bond donors (Lipinski definition) is 2. The molecular weight excluding hydrogens is 258 g/mol. The van der Waals surface area contributed by atoms with Crippen LogP contribution in [0.15, 0.2) is 30.5 Å².